The number of aromatic nitrogens is 2. The van der Waals surface area contributed by atoms with E-state index < -0.39 is 4.92 Å². The van der Waals surface area contributed by atoms with Crippen molar-refractivity contribution in [2.45, 2.75) is 0 Å². The van der Waals surface area contributed by atoms with Crippen LogP contribution in [0, 0.1) is 10.1 Å². The smallest absolute Gasteiger partial charge is 0.279 e. The van der Waals surface area contributed by atoms with E-state index in [0.717, 1.165) is 5.56 Å². The maximum Gasteiger partial charge on any atom is 0.279 e. The van der Waals surface area contributed by atoms with Gasteiger partial charge in [0, 0.05) is 23.4 Å². The van der Waals surface area contributed by atoms with Crippen LogP contribution in [-0.4, -0.2) is 14.7 Å². The van der Waals surface area contributed by atoms with Crippen molar-refractivity contribution in [1.29, 1.82) is 0 Å². The van der Waals surface area contributed by atoms with Gasteiger partial charge in [0.05, 0.1) is 16.2 Å². The molecule has 3 aromatic rings. The minimum atomic E-state index is -0.502. The molecule has 1 aromatic heterocycles. The SMILES string of the molecule is O=c1c(-c2ccc(Cl)cc2)c[nH]n1-c1cccc([N+](=O)[O-])c1. The summed E-state index contributed by atoms with van der Waals surface area (Å²) in [6, 6.07) is 12.7. The third-order valence-electron chi connectivity index (χ3n) is 3.23. The number of nitro benzene ring substituents is 1. The number of benzene rings is 2. The summed E-state index contributed by atoms with van der Waals surface area (Å²) in [6.07, 6.45) is 1.56. The second-order valence-electron chi connectivity index (χ2n) is 4.61. The highest BCUT2D eigenvalue weighted by Crippen LogP contribution is 2.20. The van der Waals surface area contributed by atoms with Crippen LogP contribution in [0.5, 0.6) is 0 Å². The van der Waals surface area contributed by atoms with Crippen LogP contribution in [0.2, 0.25) is 5.02 Å². The molecule has 110 valence electrons. The maximum atomic E-state index is 12.5. The summed E-state index contributed by atoms with van der Waals surface area (Å²) < 4.78 is 1.26. The van der Waals surface area contributed by atoms with Gasteiger partial charge in [-0.05, 0) is 23.8 Å². The van der Waals surface area contributed by atoms with Gasteiger partial charge in [0.1, 0.15) is 0 Å². The van der Waals surface area contributed by atoms with E-state index in [0.29, 0.717) is 16.3 Å². The molecule has 3 rings (SSSR count). The molecule has 1 N–H and O–H groups in total. The van der Waals surface area contributed by atoms with Crippen molar-refractivity contribution in [1.82, 2.24) is 9.78 Å². The monoisotopic (exact) mass is 315 g/mol. The molecule has 0 bridgehead atoms. The molecule has 0 atom stereocenters. The largest absolute Gasteiger partial charge is 0.298 e. The maximum absolute atomic E-state index is 12.5. The van der Waals surface area contributed by atoms with E-state index in [1.54, 1.807) is 36.5 Å². The summed E-state index contributed by atoms with van der Waals surface area (Å²) >= 11 is 5.83. The third kappa shape index (κ3) is 2.51. The Balaban J connectivity index is 2.07. The molecule has 0 fully saturated rings. The topological polar surface area (TPSA) is 80.9 Å². The Hall–Kier alpha value is -2.86. The Kier molecular flexibility index (Phi) is 3.52. The molecule has 22 heavy (non-hydrogen) atoms. The zero-order valence-corrected chi connectivity index (χ0v) is 11.9. The molecule has 7 heteroatoms. The van der Waals surface area contributed by atoms with Crippen LogP contribution in [0.4, 0.5) is 5.69 Å². The van der Waals surface area contributed by atoms with Crippen molar-refractivity contribution in [3.05, 3.63) is 80.2 Å². The molecule has 0 aliphatic rings. The van der Waals surface area contributed by atoms with Gasteiger partial charge in [0.2, 0.25) is 0 Å². The van der Waals surface area contributed by atoms with Crippen LogP contribution in [0.25, 0.3) is 16.8 Å². The minimum absolute atomic E-state index is 0.0768. The normalized spacial score (nSPS) is 10.6. The Morgan fingerprint density at radius 2 is 1.86 bits per heavy atom. The molecule has 0 saturated carbocycles. The molecule has 6 nitrogen and oxygen atoms in total. The van der Waals surface area contributed by atoms with Crippen molar-refractivity contribution in [3.8, 4) is 16.8 Å². The first-order chi connectivity index (χ1) is 10.6. The summed E-state index contributed by atoms with van der Waals surface area (Å²) in [5.74, 6) is 0. The van der Waals surface area contributed by atoms with Gasteiger partial charge in [-0.2, -0.15) is 0 Å². The zero-order valence-electron chi connectivity index (χ0n) is 11.2. The standard InChI is InChI=1S/C15H10ClN3O3/c16-11-6-4-10(5-7-11)14-9-17-18(15(14)20)12-2-1-3-13(8-12)19(21)22/h1-9,17H. The van der Waals surface area contributed by atoms with E-state index in [4.69, 9.17) is 11.6 Å². The van der Waals surface area contributed by atoms with E-state index in [1.807, 2.05) is 0 Å². The molecule has 0 spiro atoms. The first-order valence-corrected chi connectivity index (χ1v) is 6.75. The van der Waals surface area contributed by atoms with Crippen LogP contribution in [-0.2, 0) is 0 Å². The van der Waals surface area contributed by atoms with Crippen LogP contribution in [0.3, 0.4) is 0 Å². The molecule has 1 heterocycles. The lowest BCUT2D eigenvalue weighted by Gasteiger charge is -2.01. The molecular weight excluding hydrogens is 306 g/mol. The van der Waals surface area contributed by atoms with E-state index in [9.17, 15) is 14.9 Å². The summed E-state index contributed by atoms with van der Waals surface area (Å²) in [5, 5.41) is 14.2. The number of nitrogens with one attached hydrogen (secondary N) is 1. The quantitative estimate of drug-likeness (QED) is 0.594. The first-order valence-electron chi connectivity index (χ1n) is 6.37. The summed E-state index contributed by atoms with van der Waals surface area (Å²) in [6.45, 7) is 0. The highest BCUT2D eigenvalue weighted by atomic mass is 35.5. The number of non-ortho nitro benzene ring substituents is 1. The highest BCUT2D eigenvalue weighted by Gasteiger charge is 2.12. The fourth-order valence-electron chi connectivity index (χ4n) is 2.14. The van der Waals surface area contributed by atoms with E-state index in [1.165, 1.54) is 22.9 Å². The van der Waals surface area contributed by atoms with Gasteiger partial charge < -0.3 is 0 Å². The second kappa shape index (κ2) is 5.50. The van der Waals surface area contributed by atoms with Crippen molar-refractivity contribution in [2.75, 3.05) is 0 Å². The molecule has 0 unspecified atom stereocenters. The molecule has 0 saturated heterocycles. The predicted molar refractivity (Wildman–Crippen MR) is 83.5 cm³/mol. The van der Waals surface area contributed by atoms with Gasteiger partial charge in [-0.1, -0.05) is 29.8 Å². The number of halogens is 1. The van der Waals surface area contributed by atoms with Gasteiger partial charge in [0.25, 0.3) is 11.2 Å². The fourth-order valence-corrected chi connectivity index (χ4v) is 2.27. The fraction of sp³-hybridized carbons (Fsp3) is 0. The van der Waals surface area contributed by atoms with E-state index in [2.05, 4.69) is 5.10 Å². The molecule has 0 aliphatic heterocycles. The van der Waals surface area contributed by atoms with Gasteiger partial charge in [-0.3, -0.25) is 20.0 Å². The average Bonchev–Trinajstić information content (AvgIpc) is 2.90. The molecular formula is C15H10ClN3O3. The lowest BCUT2D eigenvalue weighted by atomic mass is 10.1. The molecule has 0 radical (unpaired) electrons. The number of H-pyrrole nitrogens is 1. The number of nitrogens with zero attached hydrogens (tertiary/aromatic N) is 2. The summed E-state index contributed by atoms with van der Waals surface area (Å²) in [7, 11) is 0. The van der Waals surface area contributed by atoms with Gasteiger partial charge in [-0.15, -0.1) is 0 Å². The van der Waals surface area contributed by atoms with Crippen LogP contribution in [0.1, 0.15) is 0 Å². The highest BCUT2D eigenvalue weighted by molar-refractivity contribution is 6.30. The molecule has 0 amide bonds. The Bertz CT molecular complexity index is 897. The number of nitro groups is 1. The average molecular weight is 316 g/mol. The van der Waals surface area contributed by atoms with Crippen molar-refractivity contribution < 1.29 is 4.92 Å². The van der Waals surface area contributed by atoms with E-state index >= 15 is 0 Å². The second-order valence-corrected chi connectivity index (χ2v) is 5.05. The van der Waals surface area contributed by atoms with Gasteiger partial charge in [0.15, 0.2) is 0 Å². The van der Waals surface area contributed by atoms with E-state index in [-0.39, 0.29) is 11.2 Å². The Labute approximate surface area is 129 Å². The minimum Gasteiger partial charge on any atom is -0.298 e. The third-order valence-corrected chi connectivity index (χ3v) is 3.48. The lowest BCUT2D eigenvalue weighted by Crippen LogP contribution is -2.15. The molecule has 2 aromatic carbocycles. The van der Waals surface area contributed by atoms with Crippen LogP contribution < -0.4 is 5.56 Å². The molecule has 0 aliphatic carbocycles. The number of aromatic amines is 1. The number of rotatable bonds is 3. The van der Waals surface area contributed by atoms with Crippen LogP contribution in [0.15, 0.2) is 59.5 Å². The van der Waals surface area contributed by atoms with Gasteiger partial charge >= 0.3 is 0 Å². The van der Waals surface area contributed by atoms with Crippen molar-refractivity contribution in [2.24, 2.45) is 0 Å². The summed E-state index contributed by atoms with van der Waals surface area (Å²) in [5.41, 5.74) is 1.22. The zero-order chi connectivity index (χ0) is 15.7. The van der Waals surface area contributed by atoms with Crippen molar-refractivity contribution >= 4 is 17.3 Å². The van der Waals surface area contributed by atoms with Gasteiger partial charge in [-0.25, -0.2) is 4.68 Å². The van der Waals surface area contributed by atoms with Crippen molar-refractivity contribution in [3.63, 3.8) is 0 Å². The predicted octanol–water partition coefficient (Wildman–Crippen LogP) is 3.39. The number of hydrogen-bond donors (Lipinski definition) is 1. The Morgan fingerprint density at radius 3 is 2.55 bits per heavy atom. The summed E-state index contributed by atoms with van der Waals surface area (Å²) in [4.78, 5) is 22.8. The number of hydrogen-bond acceptors (Lipinski definition) is 3. The Morgan fingerprint density at radius 1 is 1.14 bits per heavy atom. The van der Waals surface area contributed by atoms with Crippen LogP contribution >= 0.6 is 11.6 Å². The first kappa shape index (κ1) is 14.1. The lowest BCUT2D eigenvalue weighted by molar-refractivity contribution is -0.384.